The van der Waals surface area contributed by atoms with E-state index in [-0.39, 0.29) is 12.1 Å². The van der Waals surface area contributed by atoms with Gasteiger partial charge in [-0.25, -0.2) is 16.8 Å². The highest BCUT2D eigenvalue weighted by atomic mass is 32.2. The van der Waals surface area contributed by atoms with Crippen LogP contribution in [0.3, 0.4) is 0 Å². The number of rotatable bonds is 8. The standard InChI is InChI=1S/C23H30N2O4S2/c1-2-6-19-9-13-23(14-10-19)30(26,27)24-17-15-21(16-18-24)25(20-11-12-20)31(28,29)22-7-4-3-5-8-22/h3-5,7-10,13-14,20-21H,2,6,11-12,15-18H2,1H3. The van der Waals surface area contributed by atoms with Crippen molar-refractivity contribution in [2.45, 2.75) is 67.3 Å². The summed E-state index contributed by atoms with van der Waals surface area (Å²) in [6, 6.07) is 15.5. The van der Waals surface area contributed by atoms with Crippen molar-refractivity contribution in [3.05, 3.63) is 60.2 Å². The Morgan fingerprint density at radius 2 is 1.39 bits per heavy atom. The van der Waals surface area contributed by atoms with Gasteiger partial charge in [0.1, 0.15) is 0 Å². The van der Waals surface area contributed by atoms with Crippen LogP contribution in [-0.4, -0.2) is 50.6 Å². The van der Waals surface area contributed by atoms with Gasteiger partial charge in [-0.05, 0) is 61.9 Å². The second-order valence-electron chi connectivity index (χ2n) is 8.41. The molecule has 1 heterocycles. The van der Waals surface area contributed by atoms with E-state index in [1.807, 2.05) is 12.1 Å². The largest absolute Gasteiger partial charge is 0.243 e. The van der Waals surface area contributed by atoms with Gasteiger partial charge in [-0.1, -0.05) is 43.7 Å². The molecule has 0 bridgehead atoms. The van der Waals surface area contributed by atoms with Crippen molar-refractivity contribution in [2.24, 2.45) is 0 Å². The van der Waals surface area contributed by atoms with Crippen molar-refractivity contribution in [1.29, 1.82) is 0 Å². The maximum absolute atomic E-state index is 13.3. The fraction of sp³-hybridized carbons (Fsp3) is 0.478. The van der Waals surface area contributed by atoms with E-state index in [1.54, 1.807) is 46.8 Å². The molecule has 2 aliphatic rings. The first kappa shape index (κ1) is 22.5. The fourth-order valence-corrected chi connectivity index (χ4v) is 7.76. The molecule has 2 aromatic rings. The third-order valence-electron chi connectivity index (χ3n) is 6.11. The number of hydrogen-bond donors (Lipinski definition) is 0. The molecule has 1 aliphatic heterocycles. The predicted molar refractivity (Wildman–Crippen MR) is 121 cm³/mol. The lowest BCUT2D eigenvalue weighted by Crippen LogP contribution is -2.49. The summed E-state index contributed by atoms with van der Waals surface area (Å²) in [6.45, 7) is 2.76. The Balaban J connectivity index is 1.48. The average Bonchev–Trinajstić information content (AvgIpc) is 3.60. The minimum absolute atomic E-state index is 0.0319. The van der Waals surface area contributed by atoms with Crippen molar-refractivity contribution >= 4 is 20.0 Å². The molecular weight excluding hydrogens is 432 g/mol. The van der Waals surface area contributed by atoms with Gasteiger partial charge in [0.25, 0.3) is 0 Å². The monoisotopic (exact) mass is 462 g/mol. The van der Waals surface area contributed by atoms with Crippen LogP contribution in [0.5, 0.6) is 0 Å². The number of piperidine rings is 1. The molecule has 0 aromatic heterocycles. The molecule has 168 valence electrons. The van der Waals surface area contributed by atoms with Gasteiger partial charge in [0, 0.05) is 25.2 Å². The number of benzene rings is 2. The predicted octanol–water partition coefficient (Wildman–Crippen LogP) is 3.65. The Morgan fingerprint density at radius 1 is 0.806 bits per heavy atom. The molecule has 0 N–H and O–H groups in total. The third-order valence-corrected chi connectivity index (χ3v) is 10.0. The summed E-state index contributed by atoms with van der Waals surface area (Å²) >= 11 is 0. The maximum atomic E-state index is 13.3. The quantitative estimate of drug-likeness (QED) is 0.600. The van der Waals surface area contributed by atoms with E-state index in [1.165, 1.54) is 4.31 Å². The second kappa shape index (κ2) is 9.02. The minimum Gasteiger partial charge on any atom is -0.207 e. The van der Waals surface area contributed by atoms with Gasteiger partial charge in [0.15, 0.2) is 0 Å². The lowest BCUT2D eigenvalue weighted by molar-refractivity contribution is 0.211. The number of sulfonamides is 2. The van der Waals surface area contributed by atoms with Crippen LogP contribution in [0.15, 0.2) is 64.4 Å². The van der Waals surface area contributed by atoms with E-state index >= 15 is 0 Å². The van der Waals surface area contributed by atoms with Gasteiger partial charge in [-0.2, -0.15) is 8.61 Å². The van der Waals surface area contributed by atoms with Crippen molar-refractivity contribution in [2.75, 3.05) is 13.1 Å². The number of hydrogen-bond acceptors (Lipinski definition) is 4. The van der Waals surface area contributed by atoms with Crippen molar-refractivity contribution in [1.82, 2.24) is 8.61 Å². The SMILES string of the molecule is CCCc1ccc(S(=O)(=O)N2CCC(N(C3CC3)S(=O)(=O)c3ccccc3)CC2)cc1. The summed E-state index contributed by atoms with van der Waals surface area (Å²) in [6.07, 6.45) is 4.70. The summed E-state index contributed by atoms with van der Waals surface area (Å²) in [7, 11) is -7.16. The lowest BCUT2D eigenvalue weighted by atomic mass is 10.1. The zero-order valence-electron chi connectivity index (χ0n) is 17.9. The summed E-state index contributed by atoms with van der Waals surface area (Å²) in [5.41, 5.74) is 1.13. The van der Waals surface area contributed by atoms with Gasteiger partial charge in [-0.3, -0.25) is 0 Å². The Labute approximate surface area is 186 Å². The molecule has 2 fully saturated rings. The zero-order valence-corrected chi connectivity index (χ0v) is 19.5. The normalized spacial score (nSPS) is 19.0. The van der Waals surface area contributed by atoms with E-state index in [0.717, 1.165) is 31.2 Å². The van der Waals surface area contributed by atoms with Crippen molar-refractivity contribution in [3.8, 4) is 0 Å². The van der Waals surface area contributed by atoms with E-state index in [2.05, 4.69) is 6.92 Å². The molecular formula is C23H30N2O4S2. The second-order valence-corrected chi connectivity index (χ2v) is 12.2. The summed E-state index contributed by atoms with van der Waals surface area (Å²) in [5, 5.41) is 0. The smallest absolute Gasteiger partial charge is 0.207 e. The van der Waals surface area contributed by atoms with Crippen molar-refractivity contribution < 1.29 is 16.8 Å². The van der Waals surface area contributed by atoms with Crippen LogP contribution in [0, 0.1) is 0 Å². The molecule has 0 atom stereocenters. The maximum Gasteiger partial charge on any atom is 0.243 e. The van der Waals surface area contributed by atoms with E-state index in [9.17, 15) is 16.8 Å². The van der Waals surface area contributed by atoms with Crippen molar-refractivity contribution in [3.63, 3.8) is 0 Å². The first-order valence-electron chi connectivity index (χ1n) is 11.0. The average molecular weight is 463 g/mol. The molecule has 6 nitrogen and oxygen atoms in total. The Bertz CT molecular complexity index is 1090. The molecule has 1 saturated heterocycles. The highest BCUT2D eigenvalue weighted by Crippen LogP contribution is 2.37. The minimum atomic E-state index is -3.59. The summed E-state index contributed by atoms with van der Waals surface area (Å²) < 4.78 is 55.9. The van der Waals surface area contributed by atoms with Crippen LogP contribution < -0.4 is 0 Å². The van der Waals surface area contributed by atoms with Crippen LogP contribution in [-0.2, 0) is 26.5 Å². The van der Waals surface area contributed by atoms with Crippen LogP contribution >= 0.6 is 0 Å². The van der Waals surface area contributed by atoms with Crippen LogP contribution in [0.4, 0.5) is 0 Å². The molecule has 0 unspecified atom stereocenters. The zero-order chi connectivity index (χ0) is 22.1. The highest BCUT2D eigenvalue weighted by Gasteiger charge is 2.44. The van der Waals surface area contributed by atoms with Crippen LogP contribution in [0.25, 0.3) is 0 Å². The van der Waals surface area contributed by atoms with E-state index in [4.69, 9.17) is 0 Å². The summed E-state index contributed by atoms with van der Waals surface area (Å²) in [4.78, 5) is 0.617. The first-order valence-corrected chi connectivity index (χ1v) is 13.9. The molecule has 0 radical (unpaired) electrons. The van der Waals surface area contributed by atoms with Crippen LogP contribution in [0.2, 0.25) is 0 Å². The fourth-order valence-electron chi connectivity index (χ4n) is 4.34. The lowest BCUT2D eigenvalue weighted by Gasteiger charge is -2.37. The first-order chi connectivity index (χ1) is 14.8. The summed E-state index contributed by atoms with van der Waals surface area (Å²) in [5.74, 6) is 0. The molecule has 1 saturated carbocycles. The molecule has 8 heteroatoms. The topological polar surface area (TPSA) is 74.8 Å². The molecule has 1 aliphatic carbocycles. The van der Waals surface area contributed by atoms with Crippen LogP contribution in [0.1, 0.15) is 44.6 Å². The van der Waals surface area contributed by atoms with E-state index in [0.29, 0.717) is 35.7 Å². The molecule has 0 amide bonds. The molecule has 31 heavy (non-hydrogen) atoms. The van der Waals surface area contributed by atoms with Gasteiger partial charge < -0.3 is 0 Å². The number of aryl methyl sites for hydroxylation is 1. The Hall–Kier alpha value is -1.74. The Kier molecular flexibility index (Phi) is 6.53. The third kappa shape index (κ3) is 4.72. The van der Waals surface area contributed by atoms with Gasteiger partial charge in [0.2, 0.25) is 20.0 Å². The van der Waals surface area contributed by atoms with Gasteiger partial charge in [-0.15, -0.1) is 0 Å². The van der Waals surface area contributed by atoms with E-state index < -0.39 is 20.0 Å². The number of nitrogens with zero attached hydrogens (tertiary/aromatic N) is 2. The van der Waals surface area contributed by atoms with Gasteiger partial charge >= 0.3 is 0 Å². The molecule has 4 rings (SSSR count). The molecule has 0 spiro atoms. The van der Waals surface area contributed by atoms with Gasteiger partial charge in [0.05, 0.1) is 9.79 Å². The highest BCUT2D eigenvalue weighted by molar-refractivity contribution is 7.89. The molecule has 2 aromatic carbocycles. The Morgan fingerprint density at radius 3 is 1.94 bits per heavy atom.